The van der Waals surface area contributed by atoms with Crippen LogP contribution in [0.2, 0.25) is 0 Å². The van der Waals surface area contributed by atoms with Crippen molar-refractivity contribution in [3.63, 3.8) is 0 Å². The summed E-state index contributed by atoms with van der Waals surface area (Å²) in [6.07, 6.45) is -3.75. The zero-order valence-electron chi connectivity index (χ0n) is 23.9. The number of nitrogens with one attached hydrogen (secondary N) is 1. The summed E-state index contributed by atoms with van der Waals surface area (Å²) >= 11 is 0. The SMILES string of the molecule is Cc1ccc(S(=O)(=O)NCCCCCC(=O)Oc2ccc3c(=O)c(Oc4ccc5c(c4)OCCO5)c(C(F)(F)F)oc3c2)cc1. The zero-order chi connectivity index (χ0) is 32.2. The fraction of sp³-hybridized carbons (Fsp3) is 0.290. The number of hydrogen-bond acceptors (Lipinski definition) is 9. The maximum Gasteiger partial charge on any atom is 0.453 e. The zero-order valence-corrected chi connectivity index (χ0v) is 24.8. The molecule has 1 aromatic heterocycles. The maximum absolute atomic E-state index is 14.0. The first kappa shape index (κ1) is 31.9. The topological polar surface area (TPSA) is 130 Å². The van der Waals surface area contributed by atoms with E-state index in [0.29, 0.717) is 31.6 Å². The second kappa shape index (κ2) is 13.2. The summed E-state index contributed by atoms with van der Waals surface area (Å²) in [5.41, 5.74) is -0.588. The highest BCUT2D eigenvalue weighted by molar-refractivity contribution is 7.89. The van der Waals surface area contributed by atoms with Crippen molar-refractivity contribution in [2.24, 2.45) is 0 Å². The van der Waals surface area contributed by atoms with Gasteiger partial charge in [0.25, 0.3) is 5.76 Å². The van der Waals surface area contributed by atoms with Gasteiger partial charge in [-0.05, 0) is 56.2 Å². The second-order valence-corrected chi connectivity index (χ2v) is 11.9. The molecular formula is C31H28F3NO9S. The Morgan fingerprint density at radius 2 is 1.62 bits per heavy atom. The standard InChI is InChI=1S/C31H28F3NO9S/c1-19-6-10-22(11-7-19)45(38,39)35-14-4-2-3-5-27(36)42-20-8-12-23-25(17-20)44-30(31(32,33)34)29(28(23)37)43-21-9-13-24-26(18-21)41-16-15-40-24/h6-13,17-18,35H,2-5,14-16H2,1H3. The monoisotopic (exact) mass is 647 g/mol. The van der Waals surface area contributed by atoms with E-state index in [1.165, 1.54) is 42.5 Å². The first-order chi connectivity index (χ1) is 21.4. The van der Waals surface area contributed by atoms with E-state index >= 15 is 0 Å². The summed E-state index contributed by atoms with van der Waals surface area (Å²) in [5.74, 6) is -2.94. The molecule has 14 heteroatoms. The van der Waals surface area contributed by atoms with Crippen LogP contribution in [0.15, 0.2) is 74.8 Å². The number of benzene rings is 3. The number of hydrogen-bond donors (Lipinski definition) is 1. The van der Waals surface area contributed by atoms with E-state index in [-0.39, 0.29) is 47.1 Å². The molecule has 1 aliphatic heterocycles. The highest BCUT2D eigenvalue weighted by Crippen LogP contribution is 2.40. The molecule has 0 radical (unpaired) electrons. The van der Waals surface area contributed by atoms with Crippen molar-refractivity contribution in [2.45, 2.75) is 43.7 Å². The highest BCUT2D eigenvalue weighted by Gasteiger charge is 2.40. The highest BCUT2D eigenvalue weighted by atomic mass is 32.2. The number of unbranched alkanes of at least 4 members (excludes halogenated alkanes) is 2. The van der Waals surface area contributed by atoms with Gasteiger partial charge in [-0.1, -0.05) is 24.1 Å². The Kier molecular flexibility index (Phi) is 9.34. The molecule has 4 aromatic rings. The molecule has 238 valence electrons. The predicted octanol–water partition coefficient (Wildman–Crippen LogP) is 6.13. The normalized spacial score (nSPS) is 13.1. The van der Waals surface area contributed by atoms with Crippen molar-refractivity contribution in [2.75, 3.05) is 19.8 Å². The molecule has 0 atom stereocenters. The Balaban J connectivity index is 1.20. The minimum absolute atomic E-state index is 0.0250. The molecular weight excluding hydrogens is 619 g/mol. The number of ether oxygens (including phenoxy) is 4. The Labute approximate surface area is 255 Å². The van der Waals surface area contributed by atoms with Gasteiger partial charge in [-0.3, -0.25) is 9.59 Å². The number of fused-ring (bicyclic) bond motifs is 2. The van der Waals surface area contributed by atoms with Crippen molar-refractivity contribution >= 4 is 27.0 Å². The number of aryl methyl sites for hydroxylation is 1. The maximum atomic E-state index is 14.0. The van der Waals surface area contributed by atoms with Gasteiger partial charge >= 0.3 is 12.1 Å². The number of alkyl halides is 3. The summed E-state index contributed by atoms with van der Waals surface area (Å²) in [5, 5.41) is -0.219. The number of carbonyl (C=O) groups is 1. The van der Waals surface area contributed by atoms with Crippen LogP contribution in [-0.4, -0.2) is 34.1 Å². The molecule has 0 unspecified atom stereocenters. The van der Waals surface area contributed by atoms with E-state index in [4.69, 9.17) is 23.4 Å². The molecule has 0 saturated heterocycles. The minimum Gasteiger partial charge on any atom is -0.486 e. The predicted molar refractivity (Wildman–Crippen MR) is 155 cm³/mol. The number of carbonyl (C=O) groups excluding carboxylic acids is 1. The molecule has 0 saturated carbocycles. The van der Waals surface area contributed by atoms with Crippen molar-refractivity contribution in [1.29, 1.82) is 0 Å². The molecule has 0 aliphatic carbocycles. The lowest BCUT2D eigenvalue weighted by Gasteiger charge is -2.19. The molecule has 3 aromatic carbocycles. The second-order valence-electron chi connectivity index (χ2n) is 10.1. The Morgan fingerprint density at radius 3 is 2.36 bits per heavy atom. The van der Waals surface area contributed by atoms with Crippen molar-refractivity contribution in [1.82, 2.24) is 4.72 Å². The van der Waals surface area contributed by atoms with Gasteiger partial charge in [-0.25, -0.2) is 13.1 Å². The quantitative estimate of drug-likeness (QED) is 0.116. The first-order valence-electron chi connectivity index (χ1n) is 13.9. The largest absolute Gasteiger partial charge is 0.486 e. The lowest BCUT2D eigenvalue weighted by Crippen LogP contribution is -2.24. The molecule has 2 heterocycles. The summed E-state index contributed by atoms with van der Waals surface area (Å²) < 4.78 is 95.6. The fourth-order valence-electron chi connectivity index (χ4n) is 4.47. The smallest absolute Gasteiger partial charge is 0.453 e. The molecule has 1 N–H and O–H groups in total. The van der Waals surface area contributed by atoms with Crippen molar-refractivity contribution < 1.29 is 49.7 Å². The average molecular weight is 648 g/mol. The van der Waals surface area contributed by atoms with Gasteiger partial charge in [0.2, 0.25) is 21.2 Å². The molecule has 0 fully saturated rings. The Morgan fingerprint density at radius 1 is 0.911 bits per heavy atom. The number of rotatable bonds is 11. The van der Waals surface area contributed by atoms with Crippen molar-refractivity contribution in [3.05, 3.63) is 82.2 Å². The van der Waals surface area contributed by atoms with E-state index in [9.17, 15) is 31.2 Å². The van der Waals surface area contributed by atoms with E-state index in [1.807, 2.05) is 6.92 Å². The molecule has 0 amide bonds. The molecule has 1 aliphatic rings. The van der Waals surface area contributed by atoms with Crippen LogP contribution in [0.25, 0.3) is 11.0 Å². The number of halogens is 3. The van der Waals surface area contributed by atoms with Crippen LogP contribution >= 0.6 is 0 Å². The molecule has 5 rings (SSSR count). The summed E-state index contributed by atoms with van der Waals surface area (Å²) in [4.78, 5) is 25.6. The lowest BCUT2D eigenvalue weighted by molar-refractivity contribution is -0.154. The van der Waals surface area contributed by atoms with E-state index < -0.39 is 44.7 Å². The van der Waals surface area contributed by atoms with E-state index in [2.05, 4.69) is 4.72 Å². The van der Waals surface area contributed by atoms with Gasteiger partial charge in [0.15, 0.2) is 11.5 Å². The first-order valence-corrected chi connectivity index (χ1v) is 15.4. The number of esters is 1. The summed E-state index contributed by atoms with van der Waals surface area (Å²) in [7, 11) is -3.64. The van der Waals surface area contributed by atoms with Gasteiger partial charge < -0.3 is 23.4 Å². The third kappa shape index (κ3) is 7.75. The van der Waals surface area contributed by atoms with E-state index in [1.54, 1.807) is 12.1 Å². The van der Waals surface area contributed by atoms with Gasteiger partial charge in [-0.15, -0.1) is 0 Å². The summed E-state index contributed by atoms with van der Waals surface area (Å²) in [6.45, 7) is 2.59. The van der Waals surface area contributed by atoms with Gasteiger partial charge in [0, 0.05) is 25.1 Å². The fourth-order valence-corrected chi connectivity index (χ4v) is 5.54. The minimum atomic E-state index is -5.09. The lowest BCUT2D eigenvalue weighted by atomic mass is 10.2. The van der Waals surface area contributed by atoms with Crippen LogP contribution in [0.3, 0.4) is 0 Å². The van der Waals surface area contributed by atoms with Crippen LogP contribution in [0.5, 0.6) is 28.7 Å². The Bertz CT molecular complexity index is 1870. The van der Waals surface area contributed by atoms with Gasteiger partial charge in [-0.2, -0.15) is 13.2 Å². The average Bonchev–Trinajstić information content (AvgIpc) is 2.99. The van der Waals surface area contributed by atoms with Crippen LogP contribution in [0.1, 0.15) is 37.0 Å². The van der Waals surface area contributed by atoms with Crippen LogP contribution < -0.4 is 29.1 Å². The molecule has 0 bridgehead atoms. The summed E-state index contributed by atoms with van der Waals surface area (Å²) in [6, 6.07) is 14.0. The van der Waals surface area contributed by atoms with Gasteiger partial charge in [0.05, 0.1) is 10.3 Å². The molecule has 10 nitrogen and oxygen atoms in total. The van der Waals surface area contributed by atoms with E-state index in [0.717, 1.165) is 11.6 Å². The van der Waals surface area contributed by atoms with Gasteiger partial charge in [0.1, 0.15) is 30.3 Å². The molecule has 45 heavy (non-hydrogen) atoms. The molecule has 0 spiro atoms. The Hall–Kier alpha value is -4.56. The third-order valence-corrected chi connectivity index (χ3v) is 8.20. The van der Waals surface area contributed by atoms with Crippen LogP contribution in [-0.2, 0) is 21.0 Å². The third-order valence-electron chi connectivity index (χ3n) is 6.73. The number of sulfonamides is 1. The van der Waals surface area contributed by atoms with Crippen LogP contribution in [0, 0.1) is 6.92 Å². The van der Waals surface area contributed by atoms with Crippen molar-refractivity contribution in [3.8, 4) is 28.7 Å². The van der Waals surface area contributed by atoms with Crippen LogP contribution in [0.4, 0.5) is 13.2 Å².